The van der Waals surface area contributed by atoms with Crippen molar-refractivity contribution >= 4 is 63.2 Å². The Hall–Kier alpha value is -2.55. The molecule has 7 nitrogen and oxygen atoms in total. The normalized spacial score (nSPS) is 12.4. The number of hydrogen-bond acceptors (Lipinski definition) is 5. The van der Waals surface area contributed by atoms with Crippen molar-refractivity contribution in [3.8, 4) is 0 Å². The number of nitrogens with zero attached hydrogens (tertiary/aromatic N) is 4. The molecule has 0 bridgehead atoms. The summed E-state index contributed by atoms with van der Waals surface area (Å²) in [6.45, 7) is 4.29. The highest BCUT2D eigenvalue weighted by atomic mass is 35.5. The van der Waals surface area contributed by atoms with E-state index in [1.54, 1.807) is 35.8 Å². The SMILES string of the molecule is CCCn1c(=O)c2ccccc2n2c(S[C@H](C)C(=O)Nc3cc(Cl)ccc3Cl)nnc12. The zero-order valence-corrected chi connectivity index (χ0v) is 19.1. The lowest BCUT2D eigenvalue weighted by Gasteiger charge is -2.13. The summed E-state index contributed by atoms with van der Waals surface area (Å²) in [7, 11) is 0. The van der Waals surface area contributed by atoms with Crippen molar-refractivity contribution in [1.29, 1.82) is 0 Å². The van der Waals surface area contributed by atoms with E-state index < -0.39 is 5.25 Å². The van der Waals surface area contributed by atoms with Gasteiger partial charge in [-0.1, -0.05) is 54.0 Å². The summed E-state index contributed by atoms with van der Waals surface area (Å²) in [5.74, 6) is 0.204. The van der Waals surface area contributed by atoms with Gasteiger partial charge >= 0.3 is 0 Å². The molecule has 0 unspecified atom stereocenters. The molecule has 2 aromatic carbocycles. The van der Waals surface area contributed by atoms with Crippen LogP contribution in [0.25, 0.3) is 16.7 Å². The Morgan fingerprint density at radius 3 is 2.74 bits per heavy atom. The van der Waals surface area contributed by atoms with Gasteiger partial charge in [0.1, 0.15) is 0 Å². The Bertz CT molecular complexity index is 1350. The second-order valence-corrected chi connectivity index (χ2v) is 9.12. The Morgan fingerprint density at radius 2 is 1.97 bits per heavy atom. The van der Waals surface area contributed by atoms with Crippen molar-refractivity contribution in [3.05, 3.63) is 62.9 Å². The molecule has 0 aliphatic carbocycles. The van der Waals surface area contributed by atoms with Crippen LogP contribution in [0.3, 0.4) is 0 Å². The molecule has 4 rings (SSSR count). The van der Waals surface area contributed by atoms with Gasteiger partial charge < -0.3 is 5.32 Å². The lowest BCUT2D eigenvalue weighted by molar-refractivity contribution is -0.115. The molecule has 0 radical (unpaired) electrons. The number of aryl methyl sites for hydroxylation is 1. The predicted octanol–water partition coefficient (Wildman–Crippen LogP) is 4.88. The number of nitrogens with one attached hydrogen (secondary N) is 1. The number of benzene rings is 2. The molecule has 1 amide bonds. The van der Waals surface area contributed by atoms with Crippen molar-refractivity contribution < 1.29 is 4.79 Å². The summed E-state index contributed by atoms with van der Waals surface area (Å²) in [6.07, 6.45) is 0.780. The highest BCUT2D eigenvalue weighted by molar-refractivity contribution is 8.00. The Morgan fingerprint density at radius 1 is 1.19 bits per heavy atom. The van der Waals surface area contributed by atoms with E-state index in [-0.39, 0.29) is 11.5 Å². The van der Waals surface area contributed by atoms with Gasteiger partial charge in [-0.15, -0.1) is 10.2 Å². The average Bonchev–Trinajstić information content (AvgIpc) is 3.17. The lowest BCUT2D eigenvalue weighted by Crippen LogP contribution is -2.24. The highest BCUT2D eigenvalue weighted by Crippen LogP contribution is 2.29. The van der Waals surface area contributed by atoms with Gasteiger partial charge in [-0.2, -0.15) is 0 Å². The molecule has 0 saturated carbocycles. The summed E-state index contributed by atoms with van der Waals surface area (Å²) in [6, 6.07) is 12.2. The molecular weight excluding hydrogens is 457 g/mol. The smallest absolute Gasteiger partial charge is 0.262 e. The van der Waals surface area contributed by atoms with Crippen LogP contribution in [0, 0.1) is 0 Å². The minimum absolute atomic E-state index is 0.102. The molecule has 2 aromatic heterocycles. The summed E-state index contributed by atoms with van der Waals surface area (Å²) in [5.41, 5.74) is 1.04. The van der Waals surface area contributed by atoms with Crippen LogP contribution in [0.4, 0.5) is 5.69 Å². The van der Waals surface area contributed by atoms with Crippen LogP contribution < -0.4 is 10.9 Å². The lowest BCUT2D eigenvalue weighted by atomic mass is 10.2. The Labute approximate surface area is 192 Å². The maximum Gasteiger partial charge on any atom is 0.262 e. The third-order valence-electron chi connectivity index (χ3n) is 4.76. The predicted molar refractivity (Wildman–Crippen MR) is 125 cm³/mol. The molecule has 0 aliphatic heterocycles. The van der Waals surface area contributed by atoms with Gasteiger partial charge in [0.25, 0.3) is 5.56 Å². The summed E-state index contributed by atoms with van der Waals surface area (Å²) in [5, 5.41) is 12.8. The van der Waals surface area contributed by atoms with Crippen molar-refractivity contribution in [2.24, 2.45) is 0 Å². The molecule has 0 fully saturated rings. The monoisotopic (exact) mass is 475 g/mol. The standard InChI is InChI=1S/C21H19Cl2N5O2S/c1-3-10-27-19(30)14-6-4-5-7-17(14)28-20(27)25-26-21(28)31-12(2)18(29)24-16-11-13(22)8-9-15(16)23/h4-9,11-12H,3,10H2,1-2H3,(H,24,29)/t12-/m1/s1. The molecule has 4 aromatic rings. The van der Waals surface area contributed by atoms with Gasteiger partial charge in [0, 0.05) is 11.6 Å². The van der Waals surface area contributed by atoms with Crippen molar-refractivity contribution in [3.63, 3.8) is 0 Å². The van der Waals surface area contributed by atoms with E-state index in [4.69, 9.17) is 23.2 Å². The number of anilines is 1. The number of hydrogen-bond donors (Lipinski definition) is 1. The maximum atomic E-state index is 12.9. The maximum absolute atomic E-state index is 12.9. The molecule has 1 N–H and O–H groups in total. The molecule has 0 spiro atoms. The number of fused-ring (bicyclic) bond motifs is 3. The van der Waals surface area contributed by atoms with Gasteiger partial charge in [0.15, 0.2) is 5.16 Å². The van der Waals surface area contributed by atoms with Crippen LogP contribution in [0.15, 0.2) is 52.4 Å². The number of aromatic nitrogens is 4. The van der Waals surface area contributed by atoms with Gasteiger partial charge in [-0.05, 0) is 43.7 Å². The van der Waals surface area contributed by atoms with Crippen molar-refractivity contribution in [1.82, 2.24) is 19.2 Å². The fourth-order valence-electron chi connectivity index (χ4n) is 3.27. The topological polar surface area (TPSA) is 81.3 Å². The first-order chi connectivity index (χ1) is 14.9. The van der Waals surface area contributed by atoms with E-state index in [9.17, 15) is 9.59 Å². The quantitative estimate of drug-likeness (QED) is 0.401. The third kappa shape index (κ3) is 4.15. The van der Waals surface area contributed by atoms with Gasteiger partial charge in [0.2, 0.25) is 11.7 Å². The number of halogens is 2. The minimum Gasteiger partial charge on any atom is -0.324 e. The molecule has 10 heteroatoms. The summed E-state index contributed by atoms with van der Waals surface area (Å²) < 4.78 is 3.45. The number of para-hydroxylation sites is 1. The zero-order valence-electron chi connectivity index (χ0n) is 16.8. The van der Waals surface area contributed by atoms with Crippen molar-refractivity contribution in [2.45, 2.75) is 37.2 Å². The zero-order chi connectivity index (χ0) is 22.1. The summed E-state index contributed by atoms with van der Waals surface area (Å²) >= 11 is 13.4. The van der Waals surface area contributed by atoms with Crippen LogP contribution in [-0.4, -0.2) is 30.3 Å². The molecule has 0 saturated heterocycles. The number of carbonyl (C=O) groups is 1. The number of rotatable bonds is 6. The van der Waals surface area contributed by atoms with E-state index in [1.807, 2.05) is 29.5 Å². The minimum atomic E-state index is -0.507. The van der Waals surface area contributed by atoms with Crippen LogP contribution in [0.1, 0.15) is 20.3 Å². The van der Waals surface area contributed by atoms with Gasteiger partial charge in [0.05, 0.1) is 26.9 Å². The molecule has 31 heavy (non-hydrogen) atoms. The molecule has 0 aliphatic rings. The fourth-order valence-corrected chi connectivity index (χ4v) is 4.47. The first kappa shape index (κ1) is 21.7. The van der Waals surface area contributed by atoms with E-state index in [1.165, 1.54) is 11.8 Å². The third-order valence-corrected chi connectivity index (χ3v) is 6.37. The number of carbonyl (C=O) groups excluding carboxylic acids is 1. The summed E-state index contributed by atoms with van der Waals surface area (Å²) in [4.78, 5) is 25.7. The number of amides is 1. The molecule has 2 heterocycles. The van der Waals surface area contributed by atoms with E-state index in [2.05, 4.69) is 15.5 Å². The van der Waals surface area contributed by atoms with Gasteiger partial charge in [-0.3, -0.25) is 18.6 Å². The molecule has 1 atom stereocenters. The Kier molecular flexibility index (Phi) is 6.22. The Balaban J connectivity index is 1.71. The second kappa shape index (κ2) is 8.90. The van der Waals surface area contributed by atoms with Gasteiger partial charge in [-0.25, -0.2) is 0 Å². The molecular formula is C21H19Cl2N5O2S. The fraction of sp³-hybridized carbons (Fsp3) is 0.238. The van der Waals surface area contributed by atoms with Crippen LogP contribution in [0.5, 0.6) is 0 Å². The van der Waals surface area contributed by atoms with E-state index >= 15 is 0 Å². The van der Waals surface area contributed by atoms with E-state index in [0.717, 1.165) is 6.42 Å². The largest absolute Gasteiger partial charge is 0.324 e. The first-order valence-corrected chi connectivity index (χ1v) is 11.3. The second-order valence-electron chi connectivity index (χ2n) is 6.97. The molecule has 160 valence electrons. The average molecular weight is 476 g/mol. The van der Waals surface area contributed by atoms with Crippen LogP contribution in [0.2, 0.25) is 10.0 Å². The van der Waals surface area contributed by atoms with Crippen molar-refractivity contribution in [2.75, 3.05) is 5.32 Å². The van der Waals surface area contributed by atoms with Crippen LogP contribution in [-0.2, 0) is 11.3 Å². The van der Waals surface area contributed by atoms with E-state index in [0.29, 0.717) is 44.1 Å². The van der Waals surface area contributed by atoms with Crippen LogP contribution >= 0.6 is 35.0 Å². The highest BCUT2D eigenvalue weighted by Gasteiger charge is 2.22. The first-order valence-electron chi connectivity index (χ1n) is 9.70. The number of thioether (sulfide) groups is 1.